The molecule has 4 rings (SSSR count). The summed E-state index contributed by atoms with van der Waals surface area (Å²) in [5.41, 5.74) is 1.82. The summed E-state index contributed by atoms with van der Waals surface area (Å²) in [4.78, 5) is 31.5. The SMILES string of the molecule is O=C(c1ccccc1)N1CC[NH+]([C@H](C(=O)N2CCCCC2)c2ccccc2)CC1. The number of hydrogen-bond donors (Lipinski definition) is 1. The molecule has 2 heterocycles. The minimum Gasteiger partial charge on any atom is -0.337 e. The molecular weight excluding hydrogens is 362 g/mol. The van der Waals surface area contributed by atoms with E-state index in [1.807, 2.05) is 53.4 Å². The third-order valence-electron chi connectivity index (χ3n) is 6.17. The van der Waals surface area contributed by atoms with Crippen LogP contribution < -0.4 is 4.90 Å². The molecule has 29 heavy (non-hydrogen) atoms. The van der Waals surface area contributed by atoms with E-state index in [2.05, 4.69) is 17.0 Å². The van der Waals surface area contributed by atoms with E-state index in [0.717, 1.165) is 50.1 Å². The quantitative estimate of drug-likeness (QED) is 0.862. The first-order valence-electron chi connectivity index (χ1n) is 10.8. The molecule has 2 aromatic carbocycles. The topological polar surface area (TPSA) is 45.1 Å². The highest BCUT2D eigenvalue weighted by molar-refractivity contribution is 5.94. The average molecular weight is 393 g/mol. The number of quaternary nitrogens is 1. The Kier molecular flexibility index (Phi) is 6.25. The molecule has 0 aromatic heterocycles. The fourth-order valence-corrected chi connectivity index (χ4v) is 4.54. The van der Waals surface area contributed by atoms with Crippen LogP contribution in [-0.2, 0) is 4.79 Å². The molecular formula is C24H30N3O2+. The smallest absolute Gasteiger partial charge is 0.285 e. The number of hydrogen-bond acceptors (Lipinski definition) is 2. The highest BCUT2D eigenvalue weighted by Gasteiger charge is 2.37. The lowest BCUT2D eigenvalue weighted by atomic mass is 10.0. The zero-order chi connectivity index (χ0) is 20.1. The zero-order valence-electron chi connectivity index (χ0n) is 16.9. The Labute approximate surface area is 172 Å². The predicted molar refractivity (Wildman–Crippen MR) is 113 cm³/mol. The van der Waals surface area contributed by atoms with Crippen LogP contribution in [0.2, 0.25) is 0 Å². The van der Waals surface area contributed by atoms with Gasteiger partial charge in [0.1, 0.15) is 0 Å². The number of likely N-dealkylation sites (tertiary alicyclic amines) is 1. The van der Waals surface area contributed by atoms with E-state index in [1.54, 1.807) is 0 Å². The van der Waals surface area contributed by atoms with Crippen molar-refractivity contribution in [2.45, 2.75) is 25.3 Å². The molecule has 0 radical (unpaired) electrons. The van der Waals surface area contributed by atoms with Crippen LogP contribution in [0.3, 0.4) is 0 Å². The van der Waals surface area contributed by atoms with E-state index in [1.165, 1.54) is 11.3 Å². The molecule has 0 spiro atoms. The Morgan fingerprint density at radius 1 is 0.724 bits per heavy atom. The molecule has 5 heteroatoms. The Morgan fingerprint density at radius 3 is 1.93 bits per heavy atom. The molecule has 2 fully saturated rings. The number of piperazine rings is 1. The lowest BCUT2D eigenvalue weighted by Gasteiger charge is -2.38. The summed E-state index contributed by atoms with van der Waals surface area (Å²) in [5.74, 6) is 0.331. The first-order valence-corrected chi connectivity index (χ1v) is 10.8. The van der Waals surface area contributed by atoms with E-state index in [9.17, 15) is 9.59 Å². The second-order valence-corrected chi connectivity index (χ2v) is 8.05. The number of amides is 2. The van der Waals surface area contributed by atoms with Crippen molar-refractivity contribution in [1.82, 2.24) is 9.80 Å². The van der Waals surface area contributed by atoms with Crippen molar-refractivity contribution in [3.8, 4) is 0 Å². The van der Waals surface area contributed by atoms with Gasteiger partial charge in [-0.3, -0.25) is 9.59 Å². The summed E-state index contributed by atoms with van der Waals surface area (Å²) in [7, 11) is 0. The van der Waals surface area contributed by atoms with Gasteiger partial charge in [-0.15, -0.1) is 0 Å². The summed E-state index contributed by atoms with van der Waals surface area (Å²) >= 11 is 0. The number of nitrogens with zero attached hydrogens (tertiary/aromatic N) is 2. The molecule has 2 aromatic rings. The largest absolute Gasteiger partial charge is 0.337 e. The molecule has 0 saturated carbocycles. The summed E-state index contributed by atoms with van der Waals surface area (Å²) in [6, 6.07) is 19.5. The molecule has 0 aliphatic carbocycles. The zero-order valence-corrected chi connectivity index (χ0v) is 16.9. The van der Waals surface area contributed by atoms with Crippen LogP contribution in [-0.4, -0.2) is 60.9 Å². The fourth-order valence-electron chi connectivity index (χ4n) is 4.54. The lowest BCUT2D eigenvalue weighted by molar-refractivity contribution is -0.926. The maximum atomic E-state index is 13.5. The van der Waals surface area contributed by atoms with E-state index in [4.69, 9.17) is 0 Å². The minimum absolute atomic E-state index is 0.0864. The van der Waals surface area contributed by atoms with Crippen molar-refractivity contribution in [2.75, 3.05) is 39.3 Å². The van der Waals surface area contributed by atoms with Crippen LogP contribution in [0.5, 0.6) is 0 Å². The molecule has 2 saturated heterocycles. The molecule has 1 atom stereocenters. The van der Waals surface area contributed by atoms with Gasteiger partial charge in [0.15, 0.2) is 6.04 Å². The average Bonchev–Trinajstić information content (AvgIpc) is 2.81. The van der Waals surface area contributed by atoms with Gasteiger partial charge in [-0.25, -0.2) is 0 Å². The molecule has 2 amide bonds. The number of carbonyl (C=O) groups is 2. The van der Waals surface area contributed by atoms with Gasteiger partial charge in [0, 0.05) is 24.2 Å². The Balaban J connectivity index is 1.48. The summed E-state index contributed by atoms with van der Waals surface area (Å²) < 4.78 is 0. The van der Waals surface area contributed by atoms with Crippen LogP contribution in [0, 0.1) is 0 Å². The second-order valence-electron chi connectivity index (χ2n) is 8.05. The van der Waals surface area contributed by atoms with Gasteiger partial charge < -0.3 is 14.7 Å². The maximum Gasteiger partial charge on any atom is 0.285 e. The molecule has 0 unspecified atom stereocenters. The number of piperidine rings is 1. The Bertz CT molecular complexity index is 811. The first-order chi connectivity index (χ1) is 14.2. The van der Waals surface area contributed by atoms with Gasteiger partial charge in [0.05, 0.1) is 26.2 Å². The lowest BCUT2D eigenvalue weighted by Crippen LogP contribution is -3.16. The number of nitrogens with one attached hydrogen (secondary N) is 1. The monoisotopic (exact) mass is 392 g/mol. The van der Waals surface area contributed by atoms with Crippen molar-refractivity contribution in [2.24, 2.45) is 0 Å². The minimum atomic E-state index is -0.178. The highest BCUT2D eigenvalue weighted by atomic mass is 16.2. The van der Waals surface area contributed by atoms with Gasteiger partial charge in [0.25, 0.3) is 11.8 Å². The van der Waals surface area contributed by atoms with Crippen molar-refractivity contribution in [3.05, 3.63) is 71.8 Å². The van der Waals surface area contributed by atoms with Gasteiger partial charge in [0.2, 0.25) is 0 Å². The first kappa shape index (κ1) is 19.6. The van der Waals surface area contributed by atoms with E-state index in [-0.39, 0.29) is 17.9 Å². The third-order valence-corrected chi connectivity index (χ3v) is 6.17. The maximum absolute atomic E-state index is 13.5. The van der Waals surface area contributed by atoms with Gasteiger partial charge in [-0.1, -0.05) is 48.5 Å². The second kappa shape index (κ2) is 9.23. The highest BCUT2D eigenvalue weighted by Crippen LogP contribution is 2.17. The number of carbonyl (C=O) groups excluding carboxylic acids is 2. The fraction of sp³-hybridized carbons (Fsp3) is 0.417. The molecule has 1 N–H and O–H groups in total. The van der Waals surface area contributed by atoms with Gasteiger partial charge in [-0.2, -0.15) is 0 Å². The van der Waals surface area contributed by atoms with E-state index in [0.29, 0.717) is 13.1 Å². The molecule has 5 nitrogen and oxygen atoms in total. The van der Waals surface area contributed by atoms with Crippen LogP contribution >= 0.6 is 0 Å². The molecule has 2 aliphatic heterocycles. The van der Waals surface area contributed by atoms with Crippen molar-refractivity contribution >= 4 is 11.8 Å². The predicted octanol–water partition coefficient (Wildman–Crippen LogP) is 1.78. The molecule has 2 aliphatic rings. The van der Waals surface area contributed by atoms with E-state index >= 15 is 0 Å². The Morgan fingerprint density at radius 2 is 1.31 bits per heavy atom. The van der Waals surface area contributed by atoms with Crippen LogP contribution in [0.15, 0.2) is 60.7 Å². The summed E-state index contributed by atoms with van der Waals surface area (Å²) in [5, 5.41) is 0. The summed E-state index contributed by atoms with van der Waals surface area (Å²) in [6.45, 7) is 4.68. The van der Waals surface area contributed by atoms with Crippen LogP contribution in [0.25, 0.3) is 0 Å². The standard InChI is InChI=1S/C24H29N3O2/c28-23(21-12-6-2-7-13-21)27-18-16-25(17-19-27)22(20-10-4-1-5-11-20)24(29)26-14-8-3-9-15-26/h1-2,4-7,10-13,22H,3,8-9,14-19H2/p+1/t22-/m0/s1. The summed E-state index contributed by atoms with van der Waals surface area (Å²) in [6.07, 6.45) is 3.41. The normalized spacial score (nSPS) is 19.0. The van der Waals surface area contributed by atoms with Crippen molar-refractivity contribution in [3.63, 3.8) is 0 Å². The van der Waals surface area contributed by atoms with Crippen molar-refractivity contribution < 1.29 is 14.5 Å². The van der Waals surface area contributed by atoms with Gasteiger partial charge in [-0.05, 0) is 31.4 Å². The molecule has 0 bridgehead atoms. The third kappa shape index (κ3) is 4.51. The molecule has 152 valence electrons. The van der Waals surface area contributed by atoms with E-state index < -0.39 is 0 Å². The van der Waals surface area contributed by atoms with Crippen molar-refractivity contribution in [1.29, 1.82) is 0 Å². The number of rotatable bonds is 4. The van der Waals surface area contributed by atoms with Gasteiger partial charge >= 0.3 is 0 Å². The van der Waals surface area contributed by atoms with Crippen LogP contribution in [0.4, 0.5) is 0 Å². The van der Waals surface area contributed by atoms with Crippen LogP contribution in [0.1, 0.15) is 41.2 Å². The Hall–Kier alpha value is -2.66. The number of benzene rings is 2.